The maximum Gasteiger partial charge on any atom is 0.214 e. The number of sulfone groups is 1. The molecule has 0 aliphatic rings. The maximum absolute atomic E-state index is 11.9. The largest absolute Gasteiger partial charge is 0.516 e. The van der Waals surface area contributed by atoms with Gasteiger partial charge in [-0.2, -0.15) is 5.10 Å². The first-order valence-corrected chi connectivity index (χ1v) is 7.47. The van der Waals surface area contributed by atoms with Gasteiger partial charge in [0, 0.05) is 6.07 Å². The molecule has 0 amide bonds. The van der Waals surface area contributed by atoms with Crippen LogP contribution in [0.4, 0.5) is 0 Å². The molecule has 0 aliphatic heterocycles. The second-order valence-electron chi connectivity index (χ2n) is 4.22. The molecule has 0 atom stereocenters. The Balaban J connectivity index is 2.33. The number of aliphatic hydroxyl groups excluding tert-OH is 1. The molecular formula is C13H14N2O4S. The Morgan fingerprint density at radius 2 is 1.95 bits per heavy atom. The fourth-order valence-corrected chi connectivity index (χ4v) is 2.82. The molecule has 0 spiro atoms. The van der Waals surface area contributed by atoms with Crippen LogP contribution in [0.5, 0.6) is 5.88 Å². The van der Waals surface area contributed by atoms with Gasteiger partial charge in [-0.1, -0.05) is 0 Å². The first kappa shape index (κ1) is 14.1. The average molecular weight is 294 g/mol. The zero-order valence-corrected chi connectivity index (χ0v) is 11.6. The summed E-state index contributed by atoms with van der Waals surface area (Å²) in [7, 11) is -3.47. The van der Waals surface area contributed by atoms with Crippen molar-refractivity contribution in [3.8, 4) is 11.6 Å². The fraction of sp³-hybridized carbons (Fsp3) is 0.154. The molecule has 1 aromatic heterocycles. The van der Waals surface area contributed by atoms with Crippen LogP contribution in [0.25, 0.3) is 5.69 Å². The van der Waals surface area contributed by atoms with Gasteiger partial charge in [-0.15, -0.1) is 0 Å². The van der Waals surface area contributed by atoms with Gasteiger partial charge < -0.3 is 10.2 Å². The lowest BCUT2D eigenvalue weighted by atomic mass is 10.3. The minimum Gasteiger partial charge on any atom is -0.516 e. The minimum absolute atomic E-state index is 0.0127. The van der Waals surface area contributed by atoms with Gasteiger partial charge in [-0.25, -0.2) is 13.1 Å². The first-order chi connectivity index (χ1) is 9.44. The Morgan fingerprint density at radius 3 is 2.45 bits per heavy atom. The predicted octanol–water partition coefficient (Wildman–Crippen LogP) is 1.73. The van der Waals surface area contributed by atoms with Gasteiger partial charge in [0.15, 0.2) is 9.84 Å². The van der Waals surface area contributed by atoms with Gasteiger partial charge in [-0.05, 0) is 37.3 Å². The number of aryl methyl sites for hydroxylation is 1. The van der Waals surface area contributed by atoms with E-state index in [2.05, 4.69) is 5.10 Å². The van der Waals surface area contributed by atoms with Crippen molar-refractivity contribution in [3.63, 3.8) is 0 Å². The van der Waals surface area contributed by atoms with Crippen LogP contribution >= 0.6 is 0 Å². The molecule has 0 unspecified atom stereocenters. The van der Waals surface area contributed by atoms with E-state index in [1.54, 1.807) is 19.1 Å². The third kappa shape index (κ3) is 2.83. The molecule has 7 heteroatoms. The highest BCUT2D eigenvalue weighted by Gasteiger charge is 2.13. The molecule has 2 rings (SSSR count). The van der Waals surface area contributed by atoms with Crippen molar-refractivity contribution >= 4 is 9.84 Å². The summed E-state index contributed by atoms with van der Waals surface area (Å²) in [5.41, 5.74) is 1.22. The van der Waals surface area contributed by atoms with Crippen molar-refractivity contribution < 1.29 is 18.6 Å². The molecule has 0 fully saturated rings. The van der Waals surface area contributed by atoms with Crippen molar-refractivity contribution in [3.05, 3.63) is 48.4 Å². The van der Waals surface area contributed by atoms with Crippen LogP contribution in [0.3, 0.4) is 0 Å². The summed E-state index contributed by atoms with van der Waals surface area (Å²) in [6, 6.07) is 7.50. The van der Waals surface area contributed by atoms with E-state index in [-0.39, 0.29) is 16.5 Å². The van der Waals surface area contributed by atoms with Crippen molar-refractivity contribution in [1.82, 2.24) is 9.78 Å². The number of aromatic hydroxyl groups is 1. The molecule has 1 aromatic carbocycles. The Morgan fingerprint density at radius 1 is 1.30 bits per heavy atom. The highest BCUT2D eigenvalue weighted by molar-refractivity contribution is 7.91. The predicted molar refractivity (Wildman–Crippen MR) is 73.8 cm³/mol. The lowest BCUT2D eigenvalue weighted by molar-refractivity contribution is 0.433. The quantitative estimate of drug-likeness (QED) is 0.838. The van der Waals surface area contributed by atoms with E-state index >= 15 is 0 Å². The molecule has 2 N–H and O–H groups in total. The fourth-order valence-electron chi connectivity index (χ4n) is 1.74. The third-order valence-corrected chi connectivity index (χ3v) is 4.30. The Hall–Kier alpha value is -2.28. The maximum atomic E-state index is 11.9. The first-order valence-electron chi connectivity index (χ1n) is 5.82. The Bertz CT molecular complexity index is 730. The highest BCUT2D eigenvalue weighted by atomic mass is 32.2. The zero-order chi connectivity index (χ0) is 14.8. The molecular weight excluding hydrogens is 280 g/mol. The minimum atomic E-state index is -3.47. The summed E-state index contributed by atoms with van der Waals surface area (Å²) in [5, 5.41) is 22.3. The second-order valence-corrected chi connectivity index (χ2v) is 6.25. The van der Waals surface area contributed by atoms with Gasteiger partial charge in [0.25, 0.3) is 0 Å². The van der Waals surface area contributed by atoms with Crippen LogP contribution in [0.1, 0.15) is 5.69 Å². The summed E-state index contributed by atoms with van der Waals surface area (Å²) < 4.78 is 25.1. The third-order valence-electron chi connectivity index (χ3n) is 2.67. The van der Waals surface area contributed by atoms with Crippen LogP contribution in [0.15, 0.2) is 47.6 Å². The van der Waals surface area contributed by atoms with Crippen LogP contribution in [-0.2, 0) is 9.84 Å². The SMILES string of the molecule is Cc1cc(O)n(-c2ccc(S(=O)(=O)CC=CO)cc2)n1. The summed E-state index contributed by atoms with van der Waals surface area (Å²) in [5.74, 6) is -0.282. The number of hydrogen-bond acceptors (Lipinski definition) is 5. The van der Waals surface area contributed by atoms with Gasteiger partial charge in [-0.3, -0.25) is 0 Å². The van der Waals surface area contributed by atoms with Gasteiger partial charge in [0.2, 0.25) is 5.88 Å². The molecule has 0 bridgehead atoms. The van der Waals surface area contributed by atoms with Crippen molar-refractivity contribution in [2.24, 2.45) is 0 Å². The lowest BCUT2D eigenvalue weighted by Crippen LogP contribution is -2.05. The smallest absolute Gasteiger partial charge is 0.214 e. The van der Waals surface area contributed by atoms with E-state index in [0.717, 1.165) is 6.08 Å². The average Bonchev–Trinajstić information content (AvgIpc) is 2.76. The summed E-state index contributed by atoms with van der Waals surface area (Å²) in [6.45, 7) is 1.75. The van der Waals surface area contributed by atoms with E-state index < -0.39 is 9.84 Å². The topological polar surface area (TPSA) is 92.4 Å². The normalized spacial score (nSPS) is 12.1. The van der Waals surface area contributed by atoms with E-state index in [0.29, 0.717) is 17.6 Å². The monoisotopic (exact) mass is 294 g/mol. The number of hydrogen-bond donors (Lipinski definition) is 2. The number of rotatable bonds is 4. The van der Waals surface area contributed by atoms with Crippen LogP contribution in [-0.4, -0.2) is 34.2 Å². The molecule has 0 saturated heterocycles. The van der Waals surface area contributed by atoms with E-state index in [1.807, 2.05) is 0 Å². The van der Waals surface area contributed by atoms with Crippen molar-refractivity contribution in [1.29, 1.82) is 0 Å². The molecule has 0 saturated carbocycles. The van der Waals surface area contributed by atoms with Crippen molar-refractivity contribution in [2.75, 3.05) is 5.75 Å². The highest BCUT2D eigenvalue weighted by Crippen LogP contribution is 2.20. The second kappa shape index (κ2) is 5.38. The van der Waals surface area contributed by atoms with Crippen LogP contribution in [0, 0.1) is 6.92 Å². The van der Waals surface area contributed by atoms with Gasteiger partial charge >= 0.3 is 0 Å². The van der Waals surface area contributed by atoms with E-state index in [4.69, 9.17) is 5.11 Å². The molecule has 106 valence electrons. The summed E-state index contributed by atoms with van der Waals surface area (Å²) >= 11 is 0. The lowest BCUT2D eigenvalue weighted by Gasteiger charge is -2.05. The van der Waals surface area contributed by atoms with E-state index in [9.17, 15) is 13.5 Å². The zero-order valence-electron chi connectivity index (χ0n) is 10.8. The molecule has 20 heavy (non-hydrogen) atoms. The standard InChI is InChI=1S/C13H14N2O4S/c1-10-9-13(17)15(14-10)11-3-5-12(6-4-11)20(18,19)8-2-7-16/h2-7,9,16-17H,8H2,1H3. The molecule has 6 nitrogen and oxygen atoms in total. The number of aromatic nitrogens is 2. The molecule has 1 heterocycles. The number of benzene rings is 1. The Kier molecular flexibility index (Phi) is 3.80. The summed E-state index contributed by atoms with van der Waals surface area (Å²) in [6.07, 6.45) is 1.86. The van der Waals surface area contributed by atoms with Crippen molar-refractivity contribution in [2.45, 2.75) is 11.8 Å². The van der Waals surface area contributed by atoms with Gasteiger partial charge in [0.1, 0.15) is 0 Å². The Labute approximate surface area is 116 Å². The molecule has 0 radical (unpaired) electrons. The van der Waals surface area contributed by atoms with Crippen LogP contribution in [0.2, 0.25) is 0 Å². The molecule has 0 aliphatic carbocycles. The van der Waals surface area contributed by atoms with E-state index in [1.165, 1.54) is 22.9 Å². The number of aliphatic hydroxyl groups is 1. The van der Waals surface area contributed by atoms with Gasteiger partial charge in [0.05, 0.1) is 28.3 Å². The molecule has 2 aromatic rings. The number of nitrogens with zero attached hydrogens (tertiary/aromatic N) is 2. The van der Waals surface area contributed by atoms with Crippen LogP contribution < -0.4 is 0 Å². The summed E-state index contributed by atoms with van der Waals surface area (Å²) in [4.78, 5) is 0.141.